The van der Waals surface area contributed by atoms with Crippen molar-refractivity contribution in [2.75, 3.05) is 0 Å². The molecule has 0 fully saturated rings. The van der Waals surface area contributed by atoms with Gasteiger partial charge in [-0.1, -0.05) is 24.1 Å². The Labute approximate surface area is 98.5 Å². The number of benzene rings is 1. The number of hydrogen-bond acceptors (Lipinski definition) is 4. The molecule has 5 heteroatoms. The van der Waals surface area contributed by atoms with Gasteiger partial charge in [0.05, 0.1) is 0 Å². The molecule has 0 aliphatic rings. The topological polar surface area (TPSA) is 69.4 Å². The molecule has 0 aliphatic heterocycles. The molecule has 0 radical (unpaired) electrons. The lowest BCUT2D eigenvalue weighted by molar-refractivity contribution is -0.502. The van der Waals surface area contributed by atoms with Crippen molar-refractivity contribution in [3.8, 4) is 17.6 Å². The SMILES string of the molecule is CC(C#CCC(=O)Oc1ccccc1)[N+](=O)[O-]. The summed E-state index contributed by atoms with van der Waals surface area (Å²) < 4.78 is 4.95. The van der Waals surface area contributed by atoms with Crippen LogP contribution in [0.2, 0.25) is 0 Å². The number of esters is 1. The van der Waals surface area contributed by atoms with E-state index < -0.39 is 16.9 Å². The Bertz CT molecular complexity index is 458. The number of hydrogen-bond donors (Lipinski definition) is 0. The standard InChI is InChI=1S/C12H11NO4/c1-10(13(15)16)6-5-9-12(14)17-11-7-3-2-4-8-11/h2-4,7-8,10H,9H2,1H3. The van der Waals surface area contributed by atoms with Crippen molar-refractivity contribution in [3.05, 3.63) is 40.4 Å². The van der Waals surface area contributed by atoms with Gasteiger partial charge in [-0.05, 0) is 18.1 Å². The Hall–Kier alpha value is -2.35. The highest BCUT2D eigenvalue weighted by Crippen LogP contribution is 2.08. The summed E-state index contributed by atoms with van der Waals surface area (Å²) in [5, 5.41) is 10.3. The van der Waals surface area contributed by atoms with Crippen LogP contribution in [0.25, 0.3) is 0 Å². The molecule has 5 nitrogen and oxygen atoms in total. The zero-order valence-corrected chi connectivity index (χ0v) is 9.25. The predicted molar refractivity (Wildman–Crippen MR) is 60.9 cm³/mol. The van der Waals surface area contributed by atoms with E-state index in [0.717, 1.165) is 0 Å². The molecule has 0 bridgehead atoms. The molecule has 88 valence electrons. The van der Waals surface area contributed by atoms with Gasteiger partial charge in [0, 0.05) is 11.8 Å². The van der Waals surface area contributed by atoms with Gasteiger partial charge in [-0.3, -0.25) is 14.9 Å². The smallest absolute Gasteiger partial charge is 0.323 e. The number of rotatable bonds is 3. The Kier molecular flexibility index (Phi) is 4.70. The summed E-state index contributed by atoms with van der Waals surface area (Å²) in [5.74, 6) is 4.67. The molecular weight excluding hydrogens is 222 g/mol. The lowest BCUT2D eigenvalue weighted by Gasteiger charge is -2.00. The van der Waals surface area contributed by atoms with Gasteiger partial charge in [0.25, 0.3) is 6.04 Å². The van der Waals surface area contributed by atoms with Gasteiger partial charge in [0.2, 0.25) is 0 Å². The van der Waals surface area contributed by atoms with Crippen LogP contribution in [-0.4, -0.2) is 16.9 Å². The van der Waals surface area contributed by atoms with Gasteiger partial charge >= 0.3 is 5.97 Å². The van der Waals surface area contributed by atoms with Crippen molar-refractivity contribution in [1.82, 2.24) is 0 Å². The lowest BCUT2D eigenvalue weighted by atomic mass is 10.3. The van der Waals surface area contributed by atoms with E-state index in [2.05, 4.69) is 11.8 Å². The highest BCUT2D eigenvalue weighted by molar-refractivity contribution is 5.74. The van der Waals surface area contributed by atoms with Gasteiger partial charge in [0.1, 0.15) is 12.2 Å². The monoisotopic (exact) mass is 233 g/mol. The first-order valence-electron chi connectivity index (χ1n) is 4.97. The first kappa shape index (κ1) is 12.7. The summed E-state index contributed by atoms with van der Waals surface area (Å²) in [4.78, 5) is 21.0. The van der Waals surface area contributed by atoms with E-state index in [4.69, 9.17) is 4.74 Å². The molecule has 1 unspecified atom stereocenters. The van der Waals surface area contributed by atoms with Gasteiger partial charge in [-0.25, -0.2) is 0 Å². The predicted octanol–water partition coefficient (Wildman–Crippen LogP) is 1.65. The minimum atomic E-state index is -0.973. The van der Waals surface area contributed by atoms with Crippen molar-refractivity contribution in [2.24, 2.45) is 0 Å². The molecule has 0 aliphatic carbocycles. The summed E-state index contributed by atoms with van der Waals surface area (Å²) in [6.07, 6.45) is -0.160. The number of carbonyl (C=O) groups is 1. The van der Waals surface area contributed by atoms with Crippen molar-refractivity contribution in [2.45, 2.75) is 19.4 Å². The molecule has 0 saturated heterocycles. The average molecular weight is 233 g/mol. The zero-order chi connectivity index (χ0) is 12.7. The molecule has 0 amide bonds. The Morgan fingerprint density at radius 2 is 2.12 bits per heavy atom. The summed E-state index contributed by atoms with van der Waals surface area (Å²) in [5.41, 5.74) is 0. The fourth-order valence-electron chi connectivity index (χ4n) is 0.980. The third-order valence-electron chi connectivity index (χ3n) is 1.83. The molecule has 1 atom stereocenters. The van der Waals surface area contributed by atoms with E-state index in [1.165, 1.54) is 6.92 Å². The van der Waals surface area contributed by atoms with E-state index in [0.29, 0.717) is 5.75 Å². The number of nitro groups is 1. The fraction of sp³-hybridized carbons (Fsp3) is 0.250. The van der Waals surface area contributed by atoms with Gasteiger partial charge in [-0.2, -0.15) is 0 Å². The summed E-state index contributed by atoms with van der Waals surface area (Å²) in [6, 6.07) is 7.59. The summed E-state index contributed by atoms with van der Waals surface area (Å²) in [7, 11) is 0. The van der Waals surface area contributed by atoms with Gasteiger partial charge < -0.3 is 4.74 Å². The van der Waals surface area contributed by atoms with Crippen LogP contribution in [0.3, 0.4) is 0 Å². The molecule has 0 saturated carbocycles. The highest BCUT2D eigenvalue weighted by Gasteiger charge is 2.07. The molecule has 1 aromatic carbocycles. The van der Waals surface area contributed by atoms with Gasteiger partial charge in [0.15, 0.2) is 0 Å². The summed E-state index contributed by atoms with van der Waals surface area (Å²) >= 11 is 0. The molecule has 1 aromatic rings. The van der Waals surface area contributed by atoms with Crippen LogP contribution in [0.1, 0.15) is 13.3 Å². The largest absolute Gasteiger partial charge is 0.426 e. The van der Waals surface area contributed by atoms with E-state index >= 15 is 0 Å². The molecule has 0 aromatic heterocycles. The Morgan fingerprint density at radius 3 is 2.71 bits per heavy atom. The minimum absolute atomic E-state index is 0.160. The van der Waals surface area contributed by atoms with E-state index in [-0.39, 0.29) is 6.42 Å². The maximum atomic E-state index is 11.3. The van der Waals surface area contributed by atoms with Crippen molar-refractivity contribution in [1.29, 1.82) is 0 Å². The zero-order valence-electron chi connectivity index (χ0n) is 9.25. The molecule has 1 rings (SSSR count). The number of para-hydroxylation sites is 1. The van der Waals surface area contributed by atoms with Crippen LogP contribution in [0, 0.1) is 22.0 Å². The lowest BCUT2D eigenvalue weighted by Crippen LogP contribution is -2.12. The first-order chi connectivity index (χ1) is 8.09. The maximum Gasteiger partial charge on any atom is 0.323 e. The van der Waals surface area contributed by atoms with Crippen LogP contribution in [0.15, 0.2) is 30.3 Å². The second kappa shape index (κ2) is 6.28. The Morgan fingerprint density at radius 1 is 1.47 bits per heavy atom. The van der Waals surface area contributed by atoms with Crippen LogP contribution >= 0.6 is 0 Å². The van der Waals surface area contributed by atoms with E-state index in [1.54, 1.807) is 30.3 Å². The van der Waals surface area contributed by atoms with E-state index in [9.17, 15) is 14.9 Å². The third-order valence-corrected chi connectivity index (χ3v) is 1.83. The summed E-state index contributed by atoms with van der Waals surface area (Å²) in [6.45, 7) is 1.36. The second-order valence-corrected chi connectivity index (χ2v) is 3.25. The van der Waals surface area contributed by atoms with Crippen LogP contribution < -0.4 is 4.74 Å². The quantitative estimate of drug-likeness (QED) is 0.262. The first-order valence-corrected chi connectivity index (χ1v) is 4.97. The third kappa shape index (κ3) is 4.80. The number of ether oxygens (including phenoxy) is 1. The van der Waals surface area contributed by atoms with Crippen LogP contribution in [-0.2, 0) is 4.79 Å². The average Bonchev–Trinajstić information content (AvgIpc) is 2.30. The van der Waals surface area contributed by atoms with E-state index in [1.807, 2.05) is 0 Å². The molecular formula is C12H11NO4. The van der Waals surface area contributed by atoms with Crippen molar-refractivity contribution < 1.29 is 14.5 Å². The maximum absolute atomic E-state index is 11.3. The molecule has 0 spiro atoms. The van der Waals surface area contributed by atoms with Crippen LogP contribution in [0.5, 0.6) is 5.75 Å². The second-order valence-electron chi connectivity index (χ2n) is 3.25. The Balaban J connectivity index is 2.43. The number of nitrogens with zero attached hydrogens (tertiary/aromatic N) is 1. The minimum Gasteiger partial charge on any atom is -0.426 e. The van der Waals surface area contributed by atoms with Crippen LogP contribution in [0.4, 0.5) is 0 Å². The molecule has 17 heavy (non-hydrogen) atoms. The van der Waals surface area contributed by atoms with Gasteiger partial charge in [-0.15, -0.1) is 0 Å². The van der Waals surface area contributed by atoms with Crippen molar-refractivity contribution >= 4 is 5.97 Å². The number of carbonyl (C=O) groups excluding carboxylic acids is 1. The van der Waals surface area contributed by atoms with Crippen molar-refractivity contribution in [3.63, 3.8) is 0 Å². The highest BCUT2D eigenvalue weighted by atomic mass is 16.6. The normalized spacial score (nSPS) is 10.9. The molecule has 0 N–H and O–H groups in total. The fourth-order valence-corrected chi connectivity index (χ4v) is 0.980. The molecule has 0 heterocycles.